The second kappa shape index (κ2) is 6.89. The Balaban J connectivity index is 2.36. The van der Waals surface area contributed by atoms with Crippen LogP contribution in [0, 0.1) is 0 Å². The minimum atomic E-state index is -0.415. The van der Waals surface area contributed by atoms with Crippen LogP contribution in [0.2, 0.25) is 0 Å². The van der Waals surface area contributed by atoms with E-state index in [2.05, 4.69) is 32.1 Å². The molecule has 0 fully saturated rings. The van der Waals surface area contributed by atoms with Crippen LogP contribution in [0.4, 0.5) is 0 Å². The lowest BCUT2D eigenvalue weighted by Gasteiger charge is -2.11. The van der Waals surface area contributed by atoms with Gasteiger partial charge in [0, 0.05) is 29.6 Å². The summed E-state index contributed by atoms with van der Waals surface area (Å²) < 4.78 is 3.96. The molecule has 0 amide bonds. The number of hydrogen-bond donors (Lipinski definition) is 1. The third-order valence-corrected chi connectivity index (χ3v) is 3.91. The highest BCUT2D eigenvalue weighted by molar-refractivity contribution is 5.30. The lowest BCUT2D eigenvalue weighted by molar-refractivity contribution is 0.171. The summed E-state index contributed by atoms with van der Waals surface area (Å²) in [6.45, 7) is 9.88. The number of aliphatic hydroxyl groups is 1. The Morgan fingerprint density at radius 3 is 2.48 bits per heavy atom. The fourth-order valence-electron chi connectivity index (χ4n) is 2.75. The minimum absolute atomic E-state index is 0.415. The van der Waals surface area contributed by atoms with E-state index in [0.29, 0.717) is 6.54 Å². The van der Waals surface area contributed by atoms with Gasteiger partial charge < -0.3 is 5.11 Å². The summed E-state index contributed by atoms with van der Waals surface area (Å²) in [6, 6.07) is 0. The lowest BCUT2D eigenvalue weighted by Crippen LogP contribution is -2.07. The van der Waals surface area contributed by atoms with Crippen molar-refractivity contribution >= 4 is 0 Å². The van der Waals surface area contributed by atoms with Crippen molar-refractivity contribution in [1.29, 1.82) is 0 Å². The molecule has 2 rings (SSSR count). The molecule has 0 spiro atoms. The third-order valence-electron chi connectivity index (χ3n) is 3.91. The van der Waals surface area contributed by atoms with Gasteiger partial charge in [0.15, 0.2) is 0 Å². The van der Waals surface area contributed by atoms with Gasteiger partial charge in [-0.2, -0.15) is 10.2 Å². The zero-order valence-corrected chi connectivity index (χ0v) is 13.5. The summed E-state index contributed by atoms with van der Waals surface area (Å²) >= 11 is 0. The fraction of sp³-hybridized carbons (Fsp3) is 0.625. The normalized spacial score (nSPS) is 12.8. The number of aryl methyl sites for hydroxylation is 2. The molecule has 21 heavy (non-hydrogen) atoms. The molecular weight excluding hydrogens is 264 g/mol. The van der Waals surface area contributed by atoms with Crippen molar-refractivity contribution in [3.05, 3.63) is 34.9 Å². The molecule has 1 N–H and O–H groups in total. The van der Waals surface area contributed by atoms with E-state index >= 15 is 0 Å². The predicted molar refractivity (Wildman–Crippen MR) is 83.2 cm³/mol. The summed E-state index contributed by atoms with van der Waals surface area (Å²) in [5.74, 6) is 0. The van der Waals surface area contributed by atoms with Crippen molar-refractivity contribution in [3.8, 4) is 0 Å². The molecule has 2 aromatic rings. The number of nitrogens with zero attached hydrogens (tertiary/aromatic N) is 4. The largest absolute Gasteiger partial charge is 0.388 e. The number of rotatable bonds is 7. The summed E-state index contributed by atoms with van der Waals surface area (Å²) in [4.78, 5) is 0. The molecule has 5 heteroatoms. The van der Waals surface area contributed by atoms with E-state index in [1.807, 2.05) is 22.5 Å². The summed E-state index contributed by atoms with van der Waals surface area (Å²) in [5, 5.41) is 19.3. The average Bonchev–Trinajstić information content (AvgIpc) is 3.10. The Hall–Kier alpha value is -1.62. The van der Waals surface area contributed by atoms with Crippen molar-refractivity contribution in [1.82, 2.24) is 19.6 Å². The van der Waals surface area contributed by atoms with Crippen molar-refractivity contribution in [2.75, 3.05) is 0 Å². The standard InChI is InChI=1S/C16H26N4O/c1-5-13-16(15(21)7-3)14(6-2)20(18-13)11-12-9-17-19(8-4)10-12/h9-10,15,21H,5-8,11H2,1-4H3. The van der Waals surface area contributed by atoms with E-state index in [1.165, 1.54) is 0 Å². The number of hydrogen-bond acceptors (Lipinski definition) is 3. The van der Waals surface area contributed by atoms with E-state index in [1.54, 1.807) is 0 Å². The zero-order chi connectivity index (χ0) is 15.4. The first-order valence-corrected chi connectivity index (χ1v) is 7.92. The van der Waals surface area contributed by atoms with Gasteiger partial charge in [0.05, 0.1) is 24.5 Å². The Morgan fingerprint density at radius 1 is 1.19 bits per heavy atom. The third kappa shape index (κ3) is 3.18. The van der Waals surface area contributed by atoms with Crippen LogP contribution in [0.3, 0.4) is 0 Å². The molecule has 0 saturated carbocycles. The van der Waals surface area contributed by atoms with Gasteiger partial charge in [-0.05, 0) is 26.2 Å². The van der Waals surface area contributed by atoms with Gasteiger partial charge in [-0.1, -0.05) is 20.8 Å². The van der Waals surface area contributed by atoms with E-state index in [-0.39, 0.29) is 0 Å². The van der Waals surface area contributed by atoms with Gasteiger partial charge in [-0.25, -0.2) is 0 Å². The van der Waals surface area contributed by atoms with Crippen LogP contribution < -0.4 is 0 Å². The molecular formula is C16H26N4O. The number of aliphatic hydroxyl groups excluding tert-OH is 1. The molecule has 0 radical (unpaired) electrons. The predicted octanol–water partition coefficient (Wildman–Crippen LogP) is 2.72. The maximum Gasteiger partial charge on any atom is 0.0823 e. The molecule has 0 aliphatic rings. The van der Waals surface area contributed by atoms with Crippen molar-refractivity contribution in [2.45, 2.75) is 66.2 Å². The molecule has 0 aromatic carbocycles. The zero-order valence-electron chi connectivity index (χ0n) is 13.5. The van der Waals surface area contributed by atoms with Gasteiger partial charge in [0.1, 0.15) is 0 Å². The van der Waals surface area contributed by atoms with Crippen LogP contribution in [-0.2, 0) is 25.9 Å². The Bertz CT molecular complexity index is 585. The molecule has 1 unspecified atom stereocenters. The quantitative estimate of drug-likeness (QED) is 0.853. The SMILES string of the molecule is CCc1nn(Cc2cnn(CC)c2)c(CC)c1C(O)CC. The van der Waals surface area contributed by atoms with Gasteiger partial charge in [-0.15, -0.1) is 0 Å². The second-order valence-electron chi connectivity index (χ2n) is 5.30. The van der Waals surface area contributed by atoms with E-state index in [9.17, 15) is 5.11 Å². The summed E-state index contributed by atoms with van der Waals surface area (Å²) in [7, 11) is 0. The van der Waals surface area contributed by atoms with Gasteiger partial charge in [-0.3, -0.25) is 9.36 Å². The van der Waals surface area contributed by atoms with Crippen LogP contribution >= 0.6 is 0 Å². The lowest BCUT2D eigenvalue weighted by atomic mass is 10.0. The van der Waals surface area contributed by atoms with Crippen LogP contribution in [0.15, 0.2) is 12.4 Å². The maximum atomic E-state index is 10.3. The fourth-order valence-corrected chi connectivity index (χ4v) is 2.75. The summed E-state index contributed by atoms with van der Waals surface area (Å²) in [5.41, 5.74) is 4.34. The highest BCUT2D eigenvalue weighted by Crippen LogP contribution is 2.26. The van der Waals surface area contributed by atoms with Gasteiger partial charge >= 0.3 is 0 Å². The molecule has 0 bridgehead atoms. The first-order chi connectivity index (χ1) is 10.1. The van der Waals surface area contributed by atoms with Crippen LogP contribution in [0.25, 0.3) is 0 Å². The molecule has 2 aromatic heterocycles. The molecule has 2 heterocycles. The first kappa shape index (κ1) is 15.8. The van der Waals surface area contributed by atoms with Gasteiger partial charge in [0.2, 0.25) is 0 Å². The van der Waals surface area contributed by atoms with Crippen molar-refractivity contribution in [2.24, 2.45) is 0 Å². The molecule has 0 aliphatic carbocycles. The van der Waals surface area contributed by atoms with Crippen LogP contribution in [0.5, 0.6) is 0 Å². The molecule has 1 atom stereocenters. The maximum absolute atomic E-state index is 10.3. The highest BCUT2D eigenvalue weighted by Gasteiger charge is 2.21. The Kier molecular flexibility index (Phi) is 5.17. The molecule has 116 valence electrons. The molecule has 0 aliphatic heterocycles. The first-order valence-electron chi connectivity index (χ1n) is 7.92. The monoisotopic (exact) mass is 290 g/mol. The minimum Gasteiger partial charge on any atom is -0.388 e. The number of aromatic nitrogens is 4. The Labute approximate surface area is 126 Å². The van der Waals surface area contributed by atoms with Crippen LogP contribution in [-0.4, -0.2) is 24.7 Å². The Morgan fingerprint density at radius 2 is 1.95 bits per heavy atom. The van der Waals surface area contributed by atoms with Crippen LogP contribution in [0.1, 0.15) is 62.7 Å². The molecule has 5 nitrogen and oxygen atoms in total. The van der Waals surface area contributed by atoms with Crippen molar-refractivity contribution < 1.29 is 5.11 Å². The van der Waals surface area contributed by atoms with Crippen molar-refractivity contribution in [3.63, 3.8) is 0 Å². The van der Waals surface area contributed by atoms with Gasteiger partial charge in [0.25, 0.3) is 0 Å². The van der Waals surface area contributed by atoms with E-state index in [4.69, 9.17) is 5.10 Å². The highest BCUT2D eigenvalue weighted by atomic mass is 16.3. The van der Waals surface area contributed by atoms with E-state index in [0.717, 1.165) is 48.3 Å². The average molecular weight is 290 g/mol. The topological polar surface area (TPSA) is 55.9 Å². The van der Waals surface area contributed by atoms with E-state index < -0.39 is 6.10 Å². The molecule has 0 saturated heterocycles. The second-order valence-corrected chi connectivity index (χ2v) is 5.30. The summed E-state index contributed by atoms with van der Waals surface area (Å²) in [6.07, 6.45) is 5.98. The smallest absolute Gasteiger partial charge is 0.0823 e.